The Kier molecular flexibility index (Phi) is 4.27. The second-order valence-electron chi connectivity index (χ2n) is 6.08. The fourth-order valence-corrected chi connectivity index (χ4v) is 4.52. The molecular weight excluding hydrogens is 384 g/mol. The van der Waals surface area contributed by atoms with Gasteiger partial charge in [0.1, 0.15) is 5.75 Å². The Morgan fingerprint density at radius 2 is 2.07 bits per heavy atom. The summed E-state index contributed by atoms with van der Waals surface area (Å²) in [5.41, 5.74) is 2.47. The van der Waals surface area contributed by atoms with E-state index in [0.717, 1.165) is 27.7 Å². The smallest absolute Gasteiger partial charge is 0.188 e. The molecule has 0 saturated heterocycles. The standard InChI is InChI=1S/C18H18N4O3S2/c1-4-22-14-6-8-16-17(12(14)10-19-22)21-18(26-16)20-13-9-11(27(3,23)24)5-7-15(13)25-2/h5-10H,4H2,1-3H3,(H,20,21). The van der Waals surface area contributed by atoms with Crippen molar-refractivity contribution in [3.8, 4) is 5.75 Å². The number of anilines is 2. The number of hydrogen-bond donors (Lipinski definition) is 1. The Morgan fingerprint density at radius 3 is 2.78 bits per heavy atom. The van der Waals surface area contributed by atoms with Gasteiger partial charge >= 0.3 is 0 Å². The highest BCUT2D eigenvalue weighted by atomic mass is 32.2. The molecule has 0 unspecified atom stereocenters. The number of nitrogens with zero attached hydrogens (tertiary/aromatic N) is 3. The fourth-order valence-electron chi connectivity index (χ4n) is 2.98. The zero-order chi connectivity index (χ0) is 19.2. The van der Waals surface area contributed by atoms with E-state index < -0.39 is 9.84 Å². The molecule has 4 aromatic rings. The molecule has 7 nitrogen and oxygen atoms in total. The van der Waals surface area contributed by atoms with E-state index in [0.29, 0.717) is 16.6 Å². The summed E-state index contributed by atoms with van der Waals surface area (Å²) in [6.07, 6.45) is 3.01. The number of sulfone groups is 1. The molecule has 0 aliphatic rings. The van der Waals surface area contributed by atoms with Crippen molar-refractivity contribution in [1.29, 1.82) is 0 Å². The molecular formula is C18H18N4O3S2. The van der Waals surface area contributed by atoms with Gasteiger partial charge < -0.3 is 10.1 Å². The molecule has 2 heterocycles. The van der Waals surface area contributed by atoms with Crippen LogP contribution in [0.4, 0.5) is 10.8 Å². The normalized spacial score (nSPS) is 12.0. The summed E-state index contributed by atoms with van der Waals surface area (Å²) < 4.78 is 32.0. The first-order valence-corrected chi connectivity index (χ1v) is 11.0. The van der Waals surface area contributed by atoms with E-state index in [1.165, 1.54) is 23.7 Å². The summed E-state index contributed by atoms with van der Waals surface area (Å²) in [7, 11) is -1.78. The Labute approximate surface area is 160 Å². The van der Waals surface area contributed by atoms with Crippen molar-refractivity contribution in [2.24, 2.45) is 0 Å². The monoisotopic (exact) mass is 402 g/mol. The lowest BCUT2D eigenvalue weighted by Gasteiger charge is -2.10. The molecule has 4 rings (SSSR count). The lowest BCUT2D eigenvalue weighted by molar-refractivity contribution is 0.416. The maximum Gasteiger partial charge on any atom is 0.188 e. The number of fused-ring (bicyclic) bond motifs is 3. The van der Waals surface area contributed by atoms with E-state index in [1.54, 1.807) is 19.2 Å². The number of aryl methyl sites for hydroxylation is 1. The van der Waals surface area contributed by atoms with Crippen molar-refractivity contribution in [2.75, 3.05) is 18.7 Å². The number of ether oxygens (including phenoxy) is 1. The van der Waals surface area contributed by atoms with E-state index in [9.17, 15) is 8.42 Å². The van der Waals surface area contributed by atoms with Gasteiger partial charge in [-0.25, -0.2) is 13.4 Å². The average molecular weight is 403 g/mol. The highest BCUT2D eigenvalue weighted by Crippen LogP contribution is 2.36. The Balaban J connectivity index is 1.80. The molecule has 0 aliphatic heterocycles. The number of thiazole rings is 1. The van der Waals surface area contributed by atoms with Crippen LogP contribution >= 0.6 is 11.3 Å². The third-order valence-electron chi connectivity index (χ3n) is 4.32. The minimum atomic E-state index is -3.32. The molecule has 0 aliphatic carbocycles. The third-order valence-corrected chi connectivity index (χ3v) is 6.37. The highest BCUT2D eigenvalue weighted by molar-refractivity contribution is 7.90. The van der Waals surface area contributed by atoms with Crippen molar-refractivity contribution in [2.45, 2.75) is 18.4 Å². The Morgan fingerprint density at radius 1 is 1.26 bits per heavy atom. The van der Waals surface area contributed by atoms with Crippen LogP contribution in [0.1, 0.15) is 6.92 Å². The van der Waals surface area contributed by atoms with E-state index in [-0.39, 0.29) is 4.90 Å². The lowest BCUT2D eigenvalue weighted by Crippen LogP contribution is -2.00. The van der Waals surface area contributed by atoms with Gasteiger partial charge in [0.2, 0.25) is 0 Å². The second kappa shape index (κ2) is 6.50. The second-order valence-corrected chi connectivity index (χ2v) is 9.13. The highest BCUT2D eigenvalue weighted by Gasteiger charge is 2.15. The van der Waals surface area contributed by atoms with Crippen LogP contribution in [0.15, 0.2) is 41.4 Å². The van der Waals surface area contributed by atoms with Gasteiger partial charge in [-0.3, -0.25) is 4.68 Å². The van der Waals surface area contributed by atoms with Gasteiger partial charge in [0.15, 0.2) is 15.0 Å². The van der Waals surface area contributed by atoms with E-state index in [4.69, 9.17) is 9.72 Å². The first kappa shape index (κ1) is 17.7. The van der Waals surface area contributed by atoms with Crippen LogP contribution in [0.3, 0.4) is 0 Å². The van der Waals surface area contributed by atoms with Crippen molar-refractivity contribution in [3.05, 3.63) is 36.5 Å². The number of aromatic nitrogens is 3. The van der Waals surface area contributed by atoms with Crippen molar-refractivity contribution >= 4 is 53.1 Å². The van der Waals surface area contributed by atoms with Gasteiger partial charge in [-0.15, -0.1) is 0 Å². The SMILES string of the molecule is CCn1ncc2c3nc(Nc4cc(S(C)(=O)=O)ccc4OC)sc3ccc21. The van der Waals surface area contributed by atoms with E-state index in [2.05, 4.69) is 10.4 Å². The molecule has 2 aromatic carbocycles. The van der Waals surface area contributed by atoms with Crippen LogP contribution in [0.25, 0.3) is 21.1 Å². The van der Waals surface area contributed by atoms with Gasteiger partial charge in [0.05, 0.1) is 39.6 Å². The molecule has 1 N–H and O–H groups in total. The first-order valence-electron chi connectivity index (χ1n) is 8.31. The average Bonchev–Trinajstić information content (AvgIpc) is 3.23. The minimum absolute atomic E-state index is 0.221. The Hall–Kier alpha value is -2.65. The lowest BCUT2D eigenvalue weighted by atomic mass is 10.2. The number of nitrogens with one attached hydrogen (secondary N) is 1. The topological polar surface area (TPSA) is 86.1 Å². The molecule has 0 saturated carbocycles. The van der Waals surface area contributed by atoms with Gasteiger partial charge in [-0.05, 0) is 37.3 Å². The van der Waals surface area contributed by atoms with Crippen LogP contribution in [0.5, 0.6) is 5.75 Å². The molecule has 0 fully saturated rings. The van der Waals surface area contributed by atoms with Gasteiger partial charge in [0.25, 0.3) is 0 Å². The zero-order valence-corrected chi connectivity index (χ0v) is 16.7. The fraction of sp³-hybridized carbons (Fsp3) is 0.222. The first-order chi connectivity index (χ1) is 12.9. The van der Waals surface area contributed by atoms with Gasteiger partial charge in [0, 0.05) is 18.2 Å². The summed E-state index contributed by atoms with van der Waals surface area (Å²) >= 11 is 1.49. The van der Waals surface area contributed by atoms with E-state index >= 15 is 0 Å². The van der Waals surface area contributed by atoms with Crippen molar-refractivity contribution < 1.29 is 13.2 Å². The van der Waals surface area contributed by atoms with Crippen molar-refractivity contribution in [3.63, 3.8) is 0 Å². The third kappa shape index (κ3) is 3.13. The summed E-state index contributed by atoms with van der Waals surface area (Å²) in [4.78, 5) is 4.92. The molecule has 140 valence electrons. The Bertz CT molecular complexity index is 1260. The summed E-state index contributed by atoms with van der Waals surface area (Å²) in [6, 6.07) is 8.79. The molecule has 9 heteroatoms. The van der Waals surface area contributed by atoms with Crippen LogP contribution in [-0.2, 0) is 16.4 Å². The molecule has 0 amide bonds. The van der Waals surface area contributed by atoms with Crippen molar-refractivity contribution in [1.82, 2.24) is 14.8 Å². The summed E-state index contributed by atoms with van der Waals surface area (Å²) in [6.45, 7) is 2.84. The molecule has 0 radical (unpaired) electrons. The van der Waals surface area contributed by atoms with Crippen LogP contribution in [-0.4, -0.2) is 36.5 Å². The summed E-state index contributed by atoms with van der Waals surface area (Å²) in [5.74, 6) is 0.547. The number of benzene rings is 2. The predicted octanol–water partition coefficient (Wildman–Crippen LogP) is 3.82. The molecule has 0 spiro atoms. The van der Waals surface area contributed by atoms with Crippen LogP contribution < -0.4 is 10.1 Å². The molecule has 27 heavy (non-hydrogen) atoms. The molecule has 2 aromatic heterocycles. The largest absolute Gasteiger partial charge is 0.495 e. The van der Waals surface area contributed by atoms with Gasteiger partial charge in [-0.2, -0.15) is 5.10 Å². The number of hydrogen-bond acceptors (Lipinski definition) is 7. The van der Waals surface area contributed by atoms with Gasteiger partial charge in [-0.1, -0.05) is 11.3 Å². The number of rotatable bonds is 5. The maximum atomic E-state index is 11.9. The minimum Gasteiger partial charge on any atom is -0.495 e. The zero-order valence-electron chi connectivity index (χ0n) is 15.1. The maximum absolute atomic E-state index is 11.9. The summed E-state index contributed by atoms with van der Waals surface area (Å²) in [5, 5.41) is 9.25. The molecule has 0 bridgehead atoms. The molecule has 0 atom stereocenters. The van der Waals surface area contributed by atoms with Crippen LogP contribution in [0.2, 0.25) is 0 Å². The predicted molar refractivity (Wildman–Crippen MR) is 108 cm³/mol. The van der Waals surface area contributed by atoms with Crippen LogP contribution in [0, 0.1) is 0 Å². The number of methoxy groups -OCH3 is 1. The van der Waals surface area contributed by atoms with E-state index in [1.807, 2.05) is 29.9 Å². The quantitative estimate of drug-likeness (QED) is 0.546.